The van der Waals surface area contributed by atoms with Crippen LogP contribution in [0.25, 0.3) is 0 Å². The Bertz CT molecular complexity index is 747. The van der Waals surface area contributed by atoms with E-state index in [4.69, 9.17) is 21.1 Å². The fraction of sp³-hybridized carbons (Fsp3) is 0.565. The summed E-state index contributed by atoms with van der Waals surface area (Å²) in [4.78, 5) is 24.0. The van der Waals surface area contributed by atoms with E-state index in [0.29, 0.717) is 11.8 Å². The fourth-order valence-corrected chi connectivity index (χ4v) is 4.70. The van der Waals surface area contributed by atoms with Gasteiger partial charge in [0.1, 0.15) is 17.7 Å². The molecule has 3 rings (SSSR count). The summed E-state index contributed by atoms with van der Waals surface area (Å²) < 4.78 is 24.3. The molecule has 0 amide bonds. The van der Waals surface area contributed by atoms with Crippen molar-refractivity contribution < 1.29 is 23.5 Å². The molecule has 1 aromatic carbocycles. The highest BCUT2D eigenvalue weighted by Crippen LogP contribution is 2.41. The minimum absolute atomic E-state index is 0.0108. The summed E-state index contributed by atoms with van der Waals surface area (Å²) in [7, 11) is 0. The van der Waals surface area contributed by atoms with Gasteiger partial charge in [0.15, 0.2) is 0 Å². The summed E-state index contributed by atoms with van der Waals surface area (Å²) in [6, 6.07) is 4.05. The molecule has 0 saturated heterocycles. The van der Waals surface area contributed by atoms with E-state index in [0.717, 1.165) is 57.4 Å². The Labute approximate surface area is 176 Å². The molecule has 2 fully saturated rings. The summed E-state index contributed by atoms with van der Waals surface area (Å²) in [5.41, 5.74) is 0. The Balaban J connectivity index is 1.42. The molecule has 158 valence electrons. The molecule has 0 aromatic heterocycles. The van der Waals surface area contributed by atoms with E-state index in [9.17, 15) is 14.0 Å². The van der Waals surface area contributed by atoms with Crippen LogP contribution in [0.3, 0.4) is 0 Å². The van der Waals surface area contributed by atoms with Crippen molar-refractivity contribution in [3.05, 3.63) is 41.2 Å². The Morgan fingerprint density at radius 3 is 2.24 bits per heavy atom. The first-order valence-corrected chi connectivity index (χ1v) is 10.8. The number of carbonyl (C=O) groups excluding carboxylic acids is 2. The van der Waals surface area contributed by atoms with Gasteiger partial charge >= 0.3 is 11.9 Å². The van der Waals surface area contributed by atoms with Crippen LogP contribution in [0, 0.1) is 23.6 Å². The fourth-order valence-electron chi connectivity index (χ4n) is 4.58. The molecule has 0 bridgehead atoms. The number of ether oxygens (including phenoxy) is 2. The third-order valence-electron chi connectivity index (χ3n) is 6.19. The highest BCUT2D eigenvalue weighted by atomic mass is 35.5. The SMILES string of the molecule is C/C=C/C(=O)O[C@H]1CC[C@H]([C@H]2CC[C@H](C(=O)Oc3ccc(Cl)c(F)c3)CC2)CC1. The summed E-state index contributed by atoms with van der Waals surface area (Å²) in [6.07, 6.45) is 10.8. The maximum Gasteiger partial charge on any atom is 0.330 e. The average molecular weight is 423 g/mol. The van der Waals surface area contributed by atoms with Gasteiger partial charge in [-0.25, -0.2) is 9.18 Å². The molecule has 0 heterocycles. The van der Waals surface area contributed by atoms with Crippen molar-refractivity contribution in [1.29, 1.82) is 0 Å². The Hall–Kier alpha value is -1.88. The normalized spacial score (nSPS) is 27.6. The summed E-state index contributed by atoms with van der Waals surface area (Å²) in [6.45, 7) is 1.80. The van der Waals surface area contributed by atoms with E-state index in [2.05, 4.69) is 0 Å². The maximum atomic E-state index is 13.5. The van der Waals surface area contributed by atoms with E-state index in [1.807, 2.05) is 0 Å². The third kappa shape index (κ3) is 6.05. The lowest BCUT2D eigenvalue weighted by Gasteiger charge is -2.37. The second-order valence-electron chi connectivity index (χ2n) is 8.08. The molecular weight excluding hydrogens is 395 g/mol. The largest absolute Gasteiger partial charge is 0.459 e. The van der Waals surface area contributed by atoms with Gasteiger partial charge < -0.3 is 9.47 Å². The zero-order valence-corrected chi connectivity index (χ0v) is 17.5. The van der Waals surface area contributed by atoms with Crippen molar-refractivity contribution >= 4 is 23.5 Å². The molecule has 2 saturated carbocycles. The highest BCUT2D eigenvalue weighted by Gasteiger charge is 2.34. The van der Waals surface area contributed by atoms with Gasteiger partial charge in [0.05, 0.1) is 10.9 Å². The molecule has 0 aliphatic heterocycles. The van der Waals surface area contributed by atoms with Crippen molar-refractivity contribution in [2.45, 2.75) is 64.4 Å². The highest BCUT2D eigenvalue weighted by molar-refractivity contribution is 6.30. The molecular formula is C23H28ClFO4. The van der Waals surface area contributed by atoms with Crippen LogP contribution < -0.4 is 4.74 Å². The standard InChI is InChI=1S/C23H28ClFO4/c1-2-3-22(26)28-18-10-8-16(9-11-18)15-4-6-17(7-5-15)23(27)29-19-12-13-20(24)21(25)14-19/h2-3,12-18H,4-11H2,1H3/b3-2+/t15-,16-,17-,18-. The first-order chi connectivity index (χ1) is 14.0. The first-order valence-electron chi connectivity index (χ1n) is 10.5. The van der Waals surface area contributed by atoms with Crippen molar-refractivity contribution in [2.24, 2.45) is 17.8 Å². The molecule has 1 aromatic rings. The quantitative estimate of drug-likeness (QED) is 0.338. The van der Waals surface area contributed by atoms with Crippen molar-refractivity contribution in [3.8, 4) is 5.75 Å². The lowest BCUT2D eigenvalue weighted by molar-refractivity contribution is -0.145. The third-order valence-corrected chi connectivity index (χ3v) is 6.49. The lowest BCUT2D eigenvalue weighted by Crippen LogP contribution is -2.31. The second-order valence-corrected chi connectivity index (χ2v) is 8.49. The molecule has 6 heteroatoms. The van der Waals surface area contributed by atoms with E-state index in [1.54, 1.807) is 13.0 Å². The number of allylic oxidation sites excluding steroid dienone is 1. The van der Waals surface area contributed by atoms with Crippen LogP contribution in [-0.2, 0) is 14.3 Å². The zero-order valence-electron chi connectivity index (χ0n) is 16.7. The predicted octanol–water partition coefficient (Wildman–Crippen LogP) is 5.87. The lowest BCUT2D eigenvalue weighted by atomic mass is 9.70. The van der Waals surface area contributed by atoms with Gasteiger partial charge in [-0.3, -0.25) is 4.79 Å². The Morgan fingerprint density at radius 1 is 1.03 bits per heavy atom. The van der Waals surface area contributed by atoms with Crippen LogP contribution >= 0.6 is 11.6 Å². The first kappa shape index (κ1) is 21.8. The van der Waals surface area contributed by atoms with Crippen LogP contribution in [-0.4, -0.2) is 18.0 Å². The van der Waals surface area contributed by atoms with Crippen molar-refractivity contribution in [1.82, 2.24) is 0 Å². The van der Waals surface area contributed by atoms with Crippen LogP contribution in [0.2, 0.25) is 5.02 Å². The molecule has 0 radical (unpaired) electrons. The molecule has 29 heavy (non-hydrogen) atoms. The van der Waals surface area contributed by atoms with Crippen molar-refractivity contribution in [2.75, 3.05) is 0 Å². The predicted molar refractivity (Wildman–Crippen MR) is 109 cm³/mol. The van der Waals surface area contributed by atoms with Crippen LogP contribution in [0.4, 0.5) is 4.39 Å². The molecule has 2 aliphatic carbocycles. The smallest absolute Gasteiger partial charge is 0.330 e. The number of hydrogen-bond donors (Lipinski definition) is 0. The van der Waals surface area contributed by atoms with E-state index in [1.165, 1.54) is 18.2 Å². The maximum absolute atomic E-state index is 13.5. The monoisotopic (exact) mass is 422 g/mol. The molecule has 0 atom stereocenters. The Kier molecular flexibility index (Phi) is 7.70. The molecule has 0 spiro atoms. The molecule has 4 nitrogen and oxygen atoms in total. The number of carbonyl (C=O) groups is 2. The van der Waals surface area contributed by atoms with Crippen LogP contribution in [0.5, 0.6) is 5.75 Å². The Morgan fingerprint density at radius 2 is 1.66 bits per heavy atom. The summed E-state index contributed by atoms with van der Waals surface area (Å²) in [5, 5.41) is 0.0108. The topological polar surface area (TPSA) is 52.6 Å². The summed E-state index contributed by atoms with van der Waals surface area (Å²) in [5.74, 6) is 0.175. The molecule has 0 unspecified atom stereocenters. The van der Waals surface area contributed by atoms with E-state index in [-0.39, 0.29) is 34.7 Å². The number of halogens is 2. The average Bonchev–Trinajstić information content (AvgIpc) is 2.71. The minimum Gasteiger partial charge on any atom is -0.459 e. The molecule has 0 N–H and O–H groups in total. The van der Waals surface area contributed by atoms with E-state index >= 15 is 0 Å². The van der Waals surface area contributed by atoms with Crippen LogP contribution in [0.1, 0.15) is 58.3 Å². The number of rotatable bonds is 5. The zero-order chi connectivity index (χ0) is 20.8. The van der Waals surface area contributed by atoms with Gasteiger partial charge in [-0.2, -0.15) is 0 Å². The van der Waals surface area contributed by atoms with Gasteiger partial charge in [-0.15, -0.1) is 0 Å². The summed E-state index contributed by atoms with van der Waals surface area (Å²) >= 11 is 5.66. The number of esters is 2. The minimum atomic E-state index is -0.590. The van der Waals surface area contributed by atoms with Crippen LogP contribution in [0.15, 0.2) is 30.4 Å². The van der Waals surface area contributed by atoms with Gasteiger partial charge in [0.2, 0.25) is 0 Å². The second kappa shape index (κ2) is 10.2. The van der Waals surface area contributed by atoms with Crippen molar-refractivity contribution in [3.63, 3.8) is 0 Å². The molecule has 2 aliphatic rings. The van der Waals surface area contributed by atoms with Gasteiger partial charge in [0.25, 0.3) is 0 Å². The number of hydrogen-bond acceptors (Lipinski definition) is 4. The van der Waals surface area contributed by atoms with Gasteiger partial charge in [0, 0.05) is 12.1 Å². The van der Waals surface area contributed by atoms with E-state index < -0.39 is 5.82 Å². The van der Waals surface area contributed by atoms with Gasteiger partial charge in [-0.05, 0) is 82.3 Å². The van der Waals surface area contributed by atoms with Gasteiger partial charge in [-0.1, -0.05) is 17.7 Å². The number of benzene rings is 1.